The predicted molar refractivity (Wildman–Crippen MR) is 65.4 cm³/mol. The quantitative estimate of drug-likeness (QED) is 0.839. The van der Waals surface area contributed by atoms with Crippen molar-refractivity contribution in [1.82, 2.24) is 5.32 Å². The average molecular weight is 286 g/mol. The molecule has 1 N–H and O–H groups in total. The van der Waals surface area contributed by atoms with E-state index in [1.807, 2.05) is 0 Å². The number of nitrogens with zero attached hydrogens (tertiary/aromatic N) is 1. The van der Waals surface area contributed by atoms with Gasteiger partial charge in [0, 0.05) is 0 Å². The van der Waals surface area contributed by atoms with E-state index in [1.54, 1.807) is 13.8 Å². The summed E-state index contributed by atoms with van der Waals surface area (Å²) in [7, 11) is 0. The third kappa shape index (κ3) is 2.35. The molecule has 2 amide bonds. The molecule has 1 atom stereocenters. The van der Waals surface area contributed by atoms with Crippen LogP contribution in [0.25, 0.3) is 0 Å². The van der Waals surface area contributed by atoms with Crippen LogP contribution in [0.2, 0.25) is 0 Å². The van der Waals surface area contributed by atoms with Crippen LogP contribution < -0.4 is 10.2 Å². The minimum Gasteiger partial charge on any atom is -0.342 e. The summed E-state index contributed by atoms with van der Waals surface area (Å²) in [5.74, 6) is -5.72. The molecular weight excluding hydrogens is 273 g/mol. The summed E-state index contributed by atoms with van der Waals surface area (Å²) >= 11 is 0. The Bertz CT molecular complexity index is 575. The Balaban J connectivity index is 2.43. The molecule has 1 aromatic carbocycles. The first-order valence-corrected chi connectivity index (χ1v) is 6.07. The summed E-state index contributed by atoms with van der Waals surface area (Å²) in [5, 5.41) is 2.49. The third-order valence-electron chi connectivity index (χ3n) is 3.12. The van der Waals surface area contributed by atoms with Gasteiger partial charge in [-0.05, 0) is 18.1 Å². The normalized spacial score (nSPS) is 19.5. The molecule has 1 aromatic rings. The molecule has 2 rings (SSSR count). The van der Waals surface area contributed by atoms with Crippen LogP contribution in [0.15, 0.2) is 12.1 Å². The summed E-state index contributed by atoms with van der Waals surface area (Å²) < 4.78 is 39.9. The van der Waals surface area contributed by atoms with Gasteiger partial charge in [0.15, 0.2) is 17.5 Å². The van der Waals surface area contributed by atoms with Gasteiger partial charge >= 0.3 is 0 Å². The molecule has 1 saturated heterocycles. The summed E-state index contributed by atoms with van der Waals surface area (Å²) in [5.41, 5.74) is -0.436. The fraction of sp³-hybridized carbons (Fsp3) is 0.385. The second-order valence-electron chi connectivity index (χ2n) is 4.91. The zero-order valence-electron chi connectivity index (χ0n) is 10.9. The number of anilines is 1. The first-order chi connectivity index (χ1) is 9.32. The highest BCUT2D eigenvalue weighted by Crippen LogP contribution is 2.26. The van der Waals surface area contributed by atoms with Crippen molar-refractivity contribution in [3.05, 3.63) is 29.6 Å². The minimum absolute atomic E-state index is 0.206. The SMILES string of the molecule is CC(C)C1NC(=O)CN(c2ccc(F)c(F)c2F)C1=O. The number of hydrogen-bond acceptors (Lipinski definition) is 2. The smallest absolute Gasteiger partial charge is 0.250 e. The van der Waals surface area contributed by atoms with Crippen molar-refractivity contribution in [2.45, 2.75) is 19.9 Å². The highest BCUT2D eigenvalue weighted by molar-refractivity contribution is 6.06. The fourth-order valence-corrected chi connectivity index (χ4v) is 2.05. The van der Waals surface area contributed by atoms with Crippen molar-refractivity contribution in [3.63, 3.8) is 0 Å². The van der Waals surface area contributed by atoms with Crippen LogP contribution in [0.4, 0.5) is 18.9 Å². The molecule has 0 spiro atoms. The number of carbonyl (C=O) groups is 2. The van der Waals surface area contributed by atoms with Gasteiger partial charge in [-0.15, -0.1) is 0 Å². The molecule has 0 saturated carbocycles. The molecule has 20 heavy (non-hydrogen) atoms. The monoisotopic (exact) mass is 286 g/mol. The minimum atomic E-state index is -1.66. The molecule has 108 valence electrons. The van der Waals surface area contributed by atoms with Gasteiger partial charge in [-0.1, -0.05) is 13.8 Å². The van der Waals surface area contributed by atoms with Crippen LogP contribution in [0.1, 0.15) is 13.8 Å². The van der Waals surface area contributed by atoms with E-state index in [4.69, 9.17) is 0 Å². The van der Waals surface area contributed by atoms with Crippen LogP contribution in [-0.2, 0) is 9.59 Å². The van der Waals surface area contributed by atoms with E-state index < -0.39 is 47.5 Å². The average Bonchev–Trinajstić information content (AvgIpc) is 2.39. The maximum atomic E-state index is 13.7. The standard InChI is InChI=1S/C13H13F3N2O2/c1-6(2)12-13(20)18(5-9(19)17-12)8-4-3-7(14)10(15)11(8)16/h3-4,6,12H,5H2,1-2H3,(H,17,19). The Hall–Kier alpha value is -2.05. The molecule has 7 heteroatoms. The number of rotatable bonds is 2. The molecule has 1 fully saturated rings. The molecule has 1 aliphatic rings. The Kier molecular flexibility index (Phi) is 3.69. The first-order valence-electron chi connectivity index (χ1n) is 6.07. The Morgan fingerprint density at radius 2 is 1.85 bits per heavy atom. The lowest BCUT2D eigenvalue weighted by atomic mass is 10.00. The number of halogens is 3. The summed E-state index contributed by atoms with van der Waals surface area (Å²) in [6, 6.07) is 0.850. The summed E-state index contributed by atoms with van der Waals surface area (Å²) in [6.07, 6.45) is 0. The van der Waals surface area contributed by atoms with E-state index in [0.717, 1.165) is 17.0 Å². The first kappa shape index (κ1) is 14.4. The lowest BCUT2D eigenvalue weighted by molar-refractivity contribution is -0.132. The maximum Gasteiger partial charge on any atom is 0.250 e. The highest BCUT2D eigenvalue weighted by Gasteiger charge is 2.37. The van der Waals surface area contributed by atoms with Crippen LogP contribution in [0.3, 0.4) is 0 Å². The fourth-order valence-electron chi connectivity index (χ4n) is 2.05. The molecule has 0 bridgehead atoms. The van der Waals surface area contributed by atoms with Gasteiger partial charge in [0.25, 0.3) is 0 Å². The van der Waals surface area contributed by atoms with Gasteiger partial charge in [0.1, 0.15) is 12.6 Å². The van der Waals surface area contributed by atoms with Crippen LogP contribution in [0, 0.1) is 23.4 Å². The molecule has 0 aliphatic carbocycles. The second kappa shape index (κ2) is 5.15. The van der Waals surface area contributed by atoms with Gasteiger partial charge in [-0.25, -0.2) is 13.2 Å². The number of carbonyl (C=O) groups excluding carboxylic acids is 2. The zero-order valence-corrected chi connectivity index (χ0v) is 10.9. The van der Waals surface area contributed by atoms with Crippen molar-refractivity contribution >= 4 is 17.5 Å². The lowest BCUT2D eigenvalue weighted by Gasteiger charge is -2.34. The van der Waals surface area contributed by atoms with Crippen molar-refractivity contribution < 1.29 is 22.8 Å². The van der Waals surface area contributed by atoms with E-state index in [-0.39, 0.29) is 5.92 Å². The van der Waals surface area contributed by atoms with E-state index in [1.165, 1.54) is 0 Å². The van der Waals surface area contributed by atoms with Crippen molar-refractivity contribution in [3.8, 4) is 0 Å². The zero-order chi connectivity index (χ0) is 15.0. The van der Waals surface area contributed by atoms with Crippen molar-refractivity contribution in [1.29, 1.82) is 0 Å². The molecule has 1 unspecified atom stereocenters. The predicted octanol–water partition coefficient (Wildman–Crippen LogP) is 1.59. The Morgan fingerprint density at radius 1 is 1.20 bits per heavy atom. The maximum absolute atomic E-state index is 13.7. The molecule has 1 aliphatic heterocycles. The summed E-state index contributed by atoms with van der Waals surface area (Å²) in [4.78, 5) is 24.6. The molecular formula is C13H13F3N2O2. The van der Waals surface area contributed by atoms with E-state index in [0.29, 0.717) is 0 Å². The lowest BCUT2D eigenvalue weighted by Crippen LogP contribution is -2.60. The van der Waals surface area contributed by atoms with Gasteiger partial charge in [0.2, 0.25) is 11.8 Å². The van der Waals surface area contributed by atoms with E-state index >= 15 is 0 Å². The topological polar surface area (TPSA) is 49.4 Å². The van der Waals surface area contributed by atoms with Gasteiger partial charge < -0.3 is 5.32 Å². The van der Waals surface area contributed by atoms with Crippen molar-refractivity contribution in [2.24, 2.45) is 5.92 Å². The second-order valence-corrected chi connectivity index (χ2v) is 4.91. The van der Waals surface area contributed by atoms with E-state index in [9.17, 15) is 22.8 Å². The highest BCUT2D eigenvalue weighted by atomic mass is 19.2. The van der Waals surface area contributed by atoms with Crippen LogP contribution >= 0.6 is 0 Å². The van der Waals surface area contributed by atoms with Crippen molar-refractivity contribution in [2.75, 3.05) is 11.4 Å². The number of benzene rings is 1. The van der Waals surface area contributed by atoms with Gasteiger partial charge in [-0.2, -0.15) is 0 Å². The molecule has 4 nitrogen and oxygen atoms in total. The summed E-state index contributed by atoms with van der Waals surface area (Å²) in [6.45, 7) is 3.01. The van der Waals surface area contributed by atoms with Crippen LogP contribution in [0.5, 0.6) is 0 Å². The molecule has 0 aromatic heterocycles. The Morgan fingerprint density at radius 3 is 2.45 bits per heavy atom. The van der Waals surface area contributed by atoms with Gasteiger partial charge in [-0.3, -0.25) is 14.5 Å². The van der Waals surface area contributed by atoms with E-state index in [2.05, 4.69) is 5.32 Å². The third-order valence-corrected chi connectivity index (χ3v) is 3.12. The largest absolute Gasteiger partial charge is 0.342 e. The number of hydrogen-bond donors (Lipinski definition) is 1. The molecule has 0 radical (unpaired) electrons. The number of amides is 2. The van der Waals surface area contributed by atoms with Crippen LogP contribution in [-0.4, -0.2) is 24.4 Å². The van der Waals surface area contributed by atoms with Gasteiger partial charge in [0.05, 0.1) is 5.69 Å². The molecule has 1 heterocycles. The number of piperazine rings is 1. The number of nitrogens with one attached hydrogen (secondary N) is 1. The Labute approximate surface area is 113 Å².